The van der Waals surface area contributed by atoms with Crippen LogP contribution in [0.4, 0.5) is 17.6 Å². The Morgan fingerprint density at radius 2 is 2.08 bits per heavy atom. The van der Waals surface area contributed by atoms with Gasteiger partial charge in [0.05, 0.1) is 0 Å². The predicted molar refractivity (Wildman–Crippen MR) is 50.3 cm³/mol. The van der Waals surface area contributed by atoms with Crippen molar-refractivity contribution in [1.29, 1.82) is 0 Å². The highest BCUT2D eigenvalue weighted by Gasteiger charge is 2.01. The van der Waals surface area contributed by atoms with Crippen LogP contribution in [-0.4, -0.2) is 31.1 Å². The summed E-state index contributed by atoms with van der Waals surface area (Å²) in [7, 11) is 5.60. The lowest BCUT2D eigenvalue weighted by Crippen LogP contribution is -2.13. The number of rotatable bonds is 2. The molecule has 1 aromatic rings. The summed E-state index contributed by atoms with van der Waals surface area (Å²) >= 11 is 0. The van der Waals surface area contributed by atoms with Crippen molar-refractivity contribution in [3.8, 4) is 0 Å². The van der Waals surface area contributed by atoms with Crippen molar-refractivity contribution < 1.29 is 0 Å². The van der Waals surface area contributed by atoms with Crippen LogP contribution in [0.15, 0.2) is 6.07 Å². The summed E-state index contributed by atoms with van der Waals surface area (Å²) in [5.41, 5.74) is 5.48. The molecule has 0 aliphatic carbocycles. The van der Waals surface area contributed by atoms with Crippen molar-refractivity contribution in [2.24, 2.45) is 0 Å². The Morgan fingerprint density at radius 3 is 2.58 bits per heavy atom. The van der Waals surface area contributed by atoms with Crippen molar-refractivity contribution in [2.45, 2.75) is 0 Å². The van der Waals surface area contributed by atoms with E-state index in [0.717, 1.165) is 11.6 Å². The third-order valence-corrected chi connectivity index (χ3v) is 1.44. The average Bonchev–Trinajstić information content (AvgIpc) is 2.03. The van der Waals surface area contributed by atoms with Gasteiger partial charge in [0.1, 0.15) is 11.6 Å². The largest absolute Gasteiger partial charge is 0.373 e. The molecular weight excluding hydrogens is 154 g/mol. The van der Waals surface area contributed by atoms with Crippen molar-refractivity contribution in [3.05, 3.63) is 6.07 Å². The van der Waals surface area contributed by atoms with Crippen LogP contribution in [0.3, 0.4) is 0 Å². The number of hydrogen-bond donors (Lipinski definition) is 2. The van der Waals surface area contributed by atoms with Gasteiger partial charge in [-0.15, -0.1) is 0 Å². The normalized spacial score (nSPS) is 9.58. The second-order valence-electron chi connectivity index (χ2n) is 2.61. The molecule has 66 valence electrons. The van der Waals surface area contributed by atoms with Crippen molar-refractivity contribution in [3.63, 3.8) is 0 Å². The highest BCUT2D eigenvalue weighted by atomic mass is 15.2. The first-order valence-corrected chi connectivity index (χ1v) is 3.63. The first-order valence-electron chi connectivity index (χ1n) is 3.63. The molecule has 0 saturated heterocycles. The molecule has 0 radical (unpaired) electrons. The average molecular weight is 167 g/mol. The van der Waals surface area contributed by atoms with E-state index in [1.165, 1.54) is 0 Å². The Kier molecular flexibility index (Phi) is 2.32. The topological polar surface area (TPSA) is 67.1 Å². The number of anilines is 3. The molecule has 3 N–H and O–H groups in total. The minimum Gasteiger partial charge on any atom is -0.373 e. The highest BCUT2D eigenvalue weighted by Crippen LogP contribution is 2.13. The van der Waals surface area contributed by atoms with E-state index in [1.54, 1.807) is 7.05 Å². The fourth-order valence-electron chi connectivity index (χ4n) is 0.810. The van der Waals surface area contributed by atoms with Gasteiger partial charge < -0.3 is 16.0 Å². The Balaban J connectivity index is 3.06. The van der Waals surface area contributed by atoms with E-state index in [1.807, 2.05) is 25.1 Å². The minimum absolute atomic E-state index is 0.283. The van der Waals surface area contributed by atoms with Crippen LogP contribution in [0.5, 0.6) is 0 Å². The van der Waals surface area contributed by atoms with Gasteiger partial charge in [0.15, 0.2) is 0 Å². The number of nitrogen functional groups attached to an aromatic ring is 1. The van der Waals surface area contributed by atoms with Crippen LogP contribution >= 0.6 is 0 Å². The maximum atomic E-state index is 5.48. The van der Waals surface area contributed by atoms with E-state index in [2.05, 4.69) is 15.3 Å². The first-order chi connectivity index (χ1) is 5.63. The second kappa shape index (κ2) is 3.25. The first kappa shape index (κ1) is 8.58. The lowest BCUT2D eigenvalue weighted by molar-refractivity contribution is 1.05. The van der Waals surface area contributed by atoms with E-state index in [-0.39, 0.29) is 5.95 Å². The van der Waals surface area contributed by atoms with Gasteiger partial charge in [-0.2, -0.15) is 9.97 Å². The Morgan fingerprint density at radius 1 is 1.42 bits per heavy atom. The lowest BCUT2D eigenvalue weighted by atomic mass is 10.5. The molecule has 0 fully saturated rings. The molecule has 0 aromatic carbocycles. The minimum atomic E-state index is 0.283. The summed E-state index contributed by atoms with van der Waals surface area (Å²) in [6.45, 7) is 0. The number of nitrogens with zero attached hydrogens (tertiary/aromatic N) is 3. The van der Waals surface area contributed by atoms with Crippen LogP contribution in [0.25, 0.3) is 0 Å². The monoisotopic (exact) mass is 167 g/mol. The summed E-state index contributed by atoms with van der Waals surface area (Å²) < 4.78 is 0. The van der Waals surface area contributed by atoms with Gasteiger partial charge in [0.2, 0.25) is 5.95 Å². The molecule has 0 amide bonds. The SMILES string of the molecule is CNc1cc(N(C)C)nc(N)n1. The number of nitrogens with one attached hydrogen (secondary N) is 1. The van der Waals surface area contributed by atoms with Gasteiger partial charge in [0, 0.05) is 27.2 Å². The number of aromatic nitrogens is 2. The summed E-state index contributed by atoms with van der Waals surface area (Å²) in [6.07, 6.45) is 0. The van der Waals surface area contributed by atoms with Gasteiger partial charge >= 0.3 is 0 Å². The lowest BCUT2D eigenvalue weighted by Gasteiger charge is -2.12. The molecule has 5 nitrogen and oxygen atoms in total. The van der Waals surface area contributed by atoms with Gasteiger partial charge in [-0.25, -0.2) is 0 Å². The molecule has 0 bridgehead atoms. The van der Waals surface area contributed by atoms with Crippen molar-refractivity contribution >= 4 is 17.6 Å². The summed E-state index contributed by atoms with van der Waals surface area (Å²) in [4.78, 5) is 9.87. The fraction of sp³-hybridized carbons (Fsp3) is 0.429. The molecule has 0 aliphatic heterocycles. The summed E-state index contributed by atoms with van der Waals surface area (Å²) in [5, 5.41) is 2.91. The van der Waals surface area contributed by atoms with Gasteiger partial charge in [-0.3, -0.25) is 0 Å². The molecule has 5 heteroatoms. The van der Waals surface area contributed by atoms with Crippen LogP contribution in [0.1, 0.15) is 0 Å². The van der Waals surface area contributed by atoms with Gasteiger partial charge in [-0.05, 0) is 0 Å². The van der Waals surface area contributed by atoms with Crippen LogP contribution < -0.4 is 16.0 Å². The zero-order valence-electron chi connectivity index (χ0n) is 7.50. The quantitative estimate of drug-likeness (QED) is 0.657. The van der Waals surface area contributed by atoms with Crippen LogP contribution in [-0.2, 0) is 0 Å². The number of nitrogens with two attached hydrogens (primary N) is 1. The molecule has 0 atom stereocenters. The smallest absolute Gasteiger partial charge is 0.223 e. The third kappa shape index (κ3) is 1.75. The molecule has 12 heavy (non-hydrogen) atoms. The summed E-state index contributed by atoms with van der Waals surface area (Å²) in [6, 6.07) is 1.83. The van der Waals surface area contributed by atoms with E-state index in [4.69, 9.17) is 5.73 Å². The van der Waals surface area contributed by atoms with E-state index in [0.29, 0.717) is 0 Å². The van der Waals surface area contributed by atoms with E-state index in [9.17, 15) is 0 Å². The standard InChI is InChI=1S/C7H13N5/c1-9-5-4-6(12(2)3)11-7(8)10-5/h4H,1-3H3,(H3,8,9,10,11). The molecule has 1 aromatic heterocycles. The molecular formula is C7H13N5. The molecule has 0 spiro atoms. The maximum Gasteiger partial charge on any atom is 0.223 e. The zero-order valence-corrected chi connectivity index (χ0v) is 7.50. The van der Waals surface area contributed by atoms with Crippen molar-refractivity contribution in [1.82, 2.24) is 9.97 Å². The van der Waals surface area contributed by atoms with E-state index >= 15 is 0 Å². The Labute approximate surface area is 71.6 Å². The fourth-order valence-corrected chi connectivity index (χ4v) is 0.810. The highest BCUT2D eigenvalue weighted by molar-refractivity contribution is 5.51. The molecule has 0 aliphatic rings. The number of hydrogen-bond acceptors (Lipinski definition) is 5. The zero-order chi connectivity index (χ0) is 9.14. The molecule has 0 unspecified atom stereocenters. The molecule has 1 heterocycles. The Bertz CT molecular complexity index is 270. The maximum absolute atomic E-state index is 5.48. The van der Waals surface area contributed by atoms with Crippen molar-refractivity contribution in [2.75, 3.05) is 37.1 Å². The summed E-state index contributed by atoms with van der Waals surface area (Å²) in [5.74, 6) is 1.81. The molecule has 0 saturated carbocycles. The molecule has 1 rings (SSSR count). The van der Waals surface area contributed by atoms with E-state index < -0.39 is 0 Å². The third-order valence-electron chi connectivity index (χ3n) is 1.44. The predicted octanol–water partition coefficient (Wildman–Crippen LogP) is 0.166. The Hall–Kier alpha value is -1.52. The van der Waals surface area contributed by atoms with Gasteiger partial charge in [0.25, 0.3) is 0 Å². The second-order valence-corrected chi connectivity index (χ2v) is 2.61. The van der Waals surface area contributed by atoms with Crippen LogP contribution in [0, 0.1) is 0 Å². The van der Waals surface area contributed by atoms with Crippen LogP contribution in [0.2, 0.25) is 0 Å². The van der Waals surface area contributed by atoms with Gasteiger partial charge in [-0.1, -0.05) is 0 Å².